The Hall–Kier alpha value is -1.55. The highest BCUT2D eigenvalue weighted by Gasteiger charge is 2.23. The van der Waals surface area contributed by atoms with Gasteiger partial charge < -0.3 is 5.32 Å². The molecule has 2 aromatic rings. The maximum Gasteiger partial charge on any atom is 0.152 e. The molecule has 0 radical (unpaired) electrons. The van der Waals surface area contributed by atoms with E-state index in [-0.39, 0.29) is 6.04 Å². The molecule has 1 aliphatic carbocycles. The molecule has 0 amide bonds. The quantitative estimate of drug-likeness (QED) is 0.846. The Morgan fingerprint density at radius 3 is 3.22 bits per heavy atom. The Kier molecular flexibility index (Phi) is 2.96. The summed E-state index contributed by atoms with van der Waals surface area (Å²) in [7, 11) is 2.00. The molecule has 0 bridgehead atoms. The van der Waals surface area contributed by atoms with Crippen LogP contribution in [-0.2, 0) is 13.5 Å². The van der Waals surface area contributed by atoms with Crippen LogP contribution in [0.1, 0.15) is 30.1 Å². The molecule has 0 aliphatic heterocycles. The predicted octanol–water partition coefficient (Wildman–Crippen LogP) is 2.96. The summed E-state index contributed by atoms with van der Waals surface area (Å²) < 4.78 is 1.97. The molecule has 0 fully saturated rings. The van der Waals surface area contributed by atoms with Crippen molar-refractivity contribution in [3.8, 4) is 0 Å². The van der Waals surface area contributed by atoms with Crippen LogP contribution in [0.25, 0.3) is 0 Å². The molecule has 5 heteroatoms. The fourth-order valence-electron chi connectivity index (χ4n) is 2.54. The van der Waals surface area contributed by atoms with E-state index in [1.54, 1.807) is 6.20 Å². The highest BCUT2D eigenvalue weighted by atomic mass is 35.5. The van der Waals surface area contributed by atoms with E-state index in [9.17, 15) is 0 Å². The fraction of sp³-hybridized carbons (Fsp3) is 0.385. The van der Waals surface area contributed by atoms with Crippen LogP contribution >= 0.6 is 11.6 Å². The van der Waals surface area contributed by atoms with Crippen molar-refractivity contribution in [1.82, 2.24) is 14.8 Å². The SMILES string of the molecule is Cn1ncc2c1CCCC2Nc1cccnc1Cl. The van der Waals surface area contributed by atoms with Gasteiger partial charge in [0.1, 0.15) is 0 Å². The topological polar surface area (TPSA) is 42.7 Å². The number of aromatic nitrogens is 3. The maximum atomic E-state index is 6.08. The number of nitrogens with one attached hydrogen (secondary N) is 1. The lowest BCUT2D eigenvalue weighted by Gasteiger charge is -2.24. The summed E-state index contributed by atoms with van der Waals surface area (Å²) in [4.78, 5) is 4.09. The molecule has 3 rings (SSSR count). The number of hydrogen-bond acceptors (Lipinski definition) is 3. The minimum Gasteiger partial charge on any atom is -0.376 e. The third-order valence-corrected chi connectivity index (χ3v) is 3.77. The molecule has 4 nitrogen and oxygen atoms in total. The lowest BCUT2D eigenvalue weighted by molar-refractivity contribution is 0.571. The number of anilines is 1. The molecule has 1 N–H and O–H groups in total. The van der Waals surface area contributed by atoms with Crippen LogP contribution in [-0.4, -0.2) is 14.8 Å². The van der Waals surface area contributed by atoms with Crippen LogP contribution in [0.5, 0.6) is 0 Å². The first kappa shape index (κ1) is 11.5. The number of aryl methyl sites for hydroxylation is 1. The number of rotatable bonds is 2. The average molecular weight is 263 g/mol. The van der Waals surface area contributed by atoms with Gasteiger partial charge in [0, 0.05) is 24.5 Å². The summed E-state index contributed by atoms with van der Waals surface area (Å²) in [6.45, 7) is 0. The molecule has 2 aromatic heterocycles. The van der Waals surface area contributed by atoms with E-state index in [4.69, 9.17) is 11.6 Å². The van der Waals surface area contributed by atoms with Crippen molar-refractivity contribution < 1.29 is 0 Å². The molecule has 94 valence electrons. The lowest BCUT2D eigenvalue weighted by atomic mass is 9.93. The van der Waals surface area contributed by atoms with E-state index in [0.717, 1.165) is 18.5 Å². The van der Waals surface area contributed by atoms with E-state index in [1.807, 2.05) is 30.1 Å². The van der Waals surface area contributed by atoms with Crippen LogP contribution in [0.15, 0.2) is 24.5 Å². The first-order valence-corrected chi connectivity index (χ1v) is 6.51. The standard InChI is InChI=1S/C13H15ClN4/c1-18-12-6-2-4-10(9(12)8-16-18)17-11-5-3-7-15-13(11)14/h3,5,7-8,10,17H,2,4,6H2,1H3. The van der Waals surface area contributed by atoms with Crippen molar-refractivity contribution >= 4 is 17.3 Å². The zero-order chi connectivity index (χ0) is 12.5. The molecule has 0 saturated carbocycles. The van der Waals surface area contributed by atoms with Crippen molar-refractivity contribution in [2.45, 2.75) is 25.3 Å². The third-order valence-electron chi connectivity index (χ3n) is 3.46. The number of fused-ring (bicyclic) bond motifs is 1. The molecule has 1 atom stereocenters. The van der Waals surface area contributed by atoms with E-state index >= 15 is 0 Å². The van der Waals surface area contributed by atoms with Gasteiger partial charge in [-0.2, -0.15) is 5.10 Å². The number of pyridine rings is 1. The second kappa shape index (κ2) is 4.61. The summed E-state index contributed by atoms with van der Waals surface area (Å²) in [6.07, 6.45) is 7.02. The second-order valence-electron chi connectivity index (χ2n) is 4.60. The molecule has 0 saturated heterocycles. The summed E-state index contributed by atoms with van der Waals surface area (Å²) >= 11 is 6.08. The molecule has 2 heterocycles. The normalized spacial score (nSPS) is 18.4. The molecule has 0 aromatic carbocycles. The Bertz CT molecular complexity index is 564. The Morgan fingerprint density at radius 2 is 2.39 bits per heavy atom. The molecule has 1 aliphatic rings. The Morgan fingerprint density at radius 1 is 1.50 bits per heavy atom. The first-order valence-electron chi connectivity index (χ1n) is 6.13. The van der Waals surface area contributed by atoms with Gasteiger partial charge >= 0.3 is 0 Å². The minimum absolute atomic E-state index is 0.282. The van der Waals surface area contributed by atoms with Crippen molar-refractivity contribution in [2.75, 3.05) is 5.32 Å². The van der Waals surface area contributed by atoms with E-state index in [0.29, 0.717) is 5.15 Å². The molecule has 1 unspecified atom stereocenters. The predicted molar refractivity (Wildman–Crippen MR) is 71.8 cm³/mol. The van der Waals surface area contributed by atoms with Crippen LogP contribution in [0.3, 0.4) is 0 Å². The number of nitrogens with zero attached hydrogens (tertiary/aromatic N) is 3. The fourth-order valence-corrected chi connectivity index (χ4v) is 2.71. The van der Waals surface area contributed by atoms with Crippen LogP contribution < -0.4 is 5.32 Å². The van der Waals surface area contributed by atoms with Crippen molar-refractivity contribution in [2.24, 2.45) is 7.05 Å². The van der Waals surface area contributed by atoms with Gasteiger partial charge in [0.25, 0.3) is 0 Å². The molecule has 0 spiro atoms. The van der Waals surface area contributed by atoms with Gasteiger partial charge in [-0.3, -0.25) is 4.68 Å². The lowest BCUT2D eigenvalue weighted by Crippen LogP contribution is -2.18. The molecule has 18 heavy (non-hydrogen) atoms. The zero-order valence-corrected chi connectivity index (χ0v) is 11.0. The van der Waals surface area contributed by atoms with Gasteiger partial charge in [-0.1, -0.05) is 11.6 Å². The molecular weight excluding hydrogens is 248 g/mol. The maximum absolute atomic E-state index is 6.08. The highest BCUT2D eigenvalue weighted by Crippen LogP contribution is 2.33. The van der Waals surface area contributed by atoms with Crippen molar-refractivity contribution in [1.29, 1.82) is 0 Å². The Balaban J connectivity index is 1.89. The first-order chi connectivity index (χ1) is 8.75. The van der Waals surface area contributed by atoms with Crippen LogP contribution in [0.2, 0.25) is 5.15 Å². The van der Waals surface area contributed by atoms with Gasteiger partial charge in [-0.25, -0.2) is 4.98 Å². The largest absolute Gasteiger partial charge is 0.376 e. The third kappa shape index (κ3) is 1.97. The van der Waals surface area contributed by atoms with Gasteiger partial charge in [-0.15, -0.1) is 0 Å². The van der Waals surface area contributed by atoms with Gasteiger partial charge in [0.2, 0.25) is 0 Å². The Labute approximate surface area is 111 Å². The van der Waals surface area contributed by atoms with Crippen LogP contribution in [0, 0.1) is 0 Å². The highest BCUT2D eigenvalue weighted by molar-refractivity contribution is 6.31. The monoisotopic (exact) mass is 262 g/mol. The van der Waals surface area contributed by atoms with E-state index < -0.39 is 0 Å². The summed E-state index contributed by atoms with van der Waals surface area (Å²) in [5.41, 5.74) is 3.49. The van der Waals surface area contributed by atoms with Crippen LogP contribution in [0.4, 0.5) is 5.69 Å². The second-order valence-corrected chi connectivity index (χ2v) is 4.96. The van der Waals surface area contributed by atoms with Gasteiger partial charge in [0.15, 0.2) is 5.15 Å². The smallest absolute Gasteiger partial charge is 0.152 e. The zero-order valence-electron chi connectivity index (χ0n) is 10.2. The minimum atomic E-state index is 0.282. The summed E-state index contributed by atoms with van der Waals surface area (Å²) in [5, 5.41) is 8.33. The van der Waals surface area contributed by atoms with Gasteiger partial charge in [-0.05, 0) is 31.4 Å². The van der Waals surface area contributed by atoms with Crippen molar-refractivity contribution in [3.05, 3.63) is 40.9 Å². The molecular formula is C13H15ClN4. The van der Waals surface area contributed by atoms with Crippen molar-refractivity contribution in [3.63, 3.8) is 0 Å². The summed E-state index contributed by atoms with van der Waals surface area (Å²) in [5.74, 6) is 0. The van der Waals surface area contributed by atoms with E-state index in [1.165, 1.54) is 17.7 Å². The number of hydrogen-bond donors (Lipinski definition) is 1. The average Bonchev–Trinajstić information content (AvgIpc) is 2.76. The summed E-state index contributed by atoms with van der Waals surface area (Å²) in [6, 6.07) is 4.13. The number of halogens is 1. The van der Waals surface area contributed by atoms with E-state index in [2.05, 4.69) is 15.4 Å². The van der Waals surface area contributed by atoms with Gasteiger partial charge in [0.05, 0.1) is 17.9 Å².